The Kier molecular flexibility index (Phi) is 3.54. The Morgan fingerprint density at radius 2 is 1.90 bits per heavy atom. The highest BCUT2D eigenvalue weighted by Crippen LogP contribution is 2.28. The van der Waals surface area contributed by atoms with Crippen LogP contribution in [0.15, 0.2) is 51.4 Å². The molecule has 0 unspecified atom stereocenters. The molecular weight excluding hydrogens is 386 g/mol. The average Bonchev–Trinajstić information content (AvgIpc) is 2.87. The fraction of sp³-hybridized carbons (Fsp3) is 0. The summed E-state index contributed by atoms with van der Waals surface area (Å²) in [5.41, 5.74) is 8.21. The zero-order valence-electron chi connectivity index (χ0n) is 10.2. The van der Waals surface area contributed by atoms with E-state index in [-0.39, 0.29) is 0 Å². The molecule has 0 aliphatic rings. The summed E-state index contributed by atoms with van der Waals surface area (Å²) in [5, 5.41) is 11.9. The summed E-state index contributed by atoms with van der Waals surface area (Å²) in [6, 6.07) is 13.3. The number of anilines is 1. The lowest BCUT2D eigenvalue weighted by Gasteiger charge is -2.07. The Hall–Kier alpha value is -1.73. The van der Waals surface area contributed by atoms with Crippen LogP contribution in [-0.4, -0.2) is 20.2 Å². The number of benzene rings is 2. The molecule has 0 bridgehead atoms. The van der Waals surface area contributed by atoms with Gasteiger partial charge in [0.15, 0.2) is 5.82 Å². The first-order chi connectivity index (χ1) is 9.65. The molecule has 0 radical (unpaired) electrons. The largest absolute Gasteiger partial charge is 0.399 e. The van der Waals surface area contributed by atoms with Gasteiger partial charge in [-0.1, -0.05) is 28.1 Å². The smallest absolute Gasteiger partial charge is 0.187 e. The van der Waals surface area contributed by atoms with Crippen LogP contribution in [-0.2, 0) is 0 Å². The van der Waals surface area contributed by atoms with Gasteiger partial charge in [-0.25, -0.2) is 0 Å². The molecule has 2 aromatic carbocycles. The Bertz CT molecular complexity index is 769. The molecule has 0 amide bonds. The fourth-order valence-corrected chi connectivity index (χ4v) is 3.08. The average molecular weight is 395 g/mol. The molecule has 0 aliphatic heterocycles. The molecule has 0 spiro atoms. The highest BCUT2D eigenvalue weighted by molar-refractivity contribution is 9.11. The molecule has 5 nitrogen and oxygen atoms in total. The summed E-state index contributed by atoms with van der Waals surface area (Å²) in [6.45, 7) is 0. The molecule has 0 atom stereocenters. The monoisotopic (exact) mass is 393 g/mol. The van der Waals surface area contributed by atoms with Crippen LogP contribution < -0.4 is 5.73 Å². The van der Waals surface area contributed by atoms with Crippen molar-refractivity contribution in [3.8, 4) is 17.1 Å². The number of hydrogen-bond acceptors (Lipinski definition) is 4. The van der Waals surface area contributed by atoms with Crippen molar-refractivity contribution in [2.75, 3.05) is 5.73 Å². The first kappa shape index (κ1) is 13.3. The molecule has 0 aliphatic carbocycles. The number of hydrogen-bond donors (Lipinski definition) is 1. The molecule has 2 N–H and O–H groups in total. The third-order valence-electron chi connectivity index (χ3n) is 2.75. The van der Waals surface area contributed by atoms with Gasteiger partial charge in [-0.3, -0.25) is 0 Å². The highest BCUT2D eigenvalue weighted by atomic mass is 79.9. The van der Waals surface area contributed by atoms with Gasteiger partial charge < -0.3 is 5.73 Å². The Morgan fingerprint density at radius 3 is 2.65 bits per heavy atom. The molecule has 1 aromatic heterocycles. The van der Waals surface area contributed by atoms with E-state index in [0.717, 1.165) is 20.2 Å². The molecule has 100 valence electrons. The van der Waals surface area contributed by atoms with Crippen molar-refractivity contribution in [2.45, 2.75) is 0 Å². The predicted octanol–water partition coefficient (Wildman–Crippen LogP) is 3.44. The Labute approximate surface area is 132 Å². The SMILES string of the molecule is Nc1cccc(-c2nnnn2-c2ccc(Br)cc2Br)c1. The van der Waals surface area contributed by atoms with Gasteiger partial charge in [-0.2, -0.15) is 4.68 Å². The molecule has 3 rings (SSSR count). The van der Waals surface area contributed by atoms with E-state index in [2.05, 4.69) is 47.4 Å². The minimum absolute atomic E-state index is 0.639. The lowest BCUT2D eigenvalue weighted by atomic mass is 10.2. The quantitative estimate of drug-likeness (QED) is 0.676. The first-order valence-corrected chi connectivity index (χ1v) is 7.33. The second-order valence-corrected chi connectivity index (χ2v) is 5.91. The number of rotatable bonds is 2. The van der Waals surface area contributed by atoms with Crippen molar-refractivity contribution in [2.24, 2.45) is 0 Å². The molecule has 0 saturated carbocycles. The standard InChI is InChI=1S/C13H9Br2N5/c14-9-4-5-12(11(15)7-9)20-13(17-18-19-20)8-2-1-3-10(16)6-8/h1-7H,16H2. The third kappa shape index (κ3) is 2.46. The molecule has 20 heavy (non-hydrogen) atoms. The van der Waals surface area contributed by atoms with Crippen LogP contribution in [0.4, 0.5) is 5.69 Å². The summed E-state index contributed by atoms with van der Waals surface area (Å²) >= 11 is 6.94. The van der Waals surface area contributed by atoms with Crippen molar-refractivity contribution in [3.05, 3.63) is 51.4 Å². The number of halogens is 2. The Morgan fingerprint density at radius 1 is 1.05 bits per heavy atom. The van der Waals surface area contributed by atoms with Gasteiger partial charge in [0.25, 0.3) is 0 Å². The fourth-order valence-electron chi connectivity index (χ4n) is 1.86. The molecule has 7 heteroatoms. The molecule has 0 fully saturated rings. The highest BCUT2D eigenvalue weighted by Gasteiger charge is 2.13. The van der Waals surface area contributed by atoms with Gasteiger partial charge in [0.05, 0.1) is 5.69 Å². The minimum atomic E-state index is 0.639. The second-order valence-electron chi connectivity index (χ2n) is 4.14. The van der Waals surface area contributed by atoms with Gasteiger partial charge in [0.1, 0.15) is 0 Å². The summed E-state index contributed by atoms with van der Waals surface area (Å²) in [7, 11) is 0. The summed E-state index contributed by atoms with van der Waals surface area (Å²) in [5.74, 6) is 0.639. The molecule has 3 aromatic rings. The van der Waals surface area contributed by atoms with Crippen LogP contribution in [0.2, 0.25) is 0 Å². The van der Waals surface area contributed by atoms with E-state index in [9.17, 15) is 0 Å². The maximum absolute atomic E-state index is 5.81. The van der Waals surface area contributed by atoms with Crippen LogP contribution in [0.25, 0.3) is 17.1 Å². The molecule has 1 heterocycles. The van der Waals surface area contributed by atoms with Crippen LogP contribution in [0, 0.1) is 0 Å². The van der Waals surface area contributed by atoms with Crippen molar-refractivity contribution >= 4 is 37.5 Å². The number of nitrogens with zero attached hydrogens (tertiary/aromatic N) is 4. The van der Waals surface area contributed by atoms with Crippen molar-refractivity contribution in [1.82, 2.24) is 20.2 Å². The molecular formula is C13H9Br2N5. The summed E-state index contributed by atoms with van der Waals surface area (Å²) in [4.78, 5) is 0. The summed E-state index contributed by atoms with van der Waals surface area (Å²) < 4.78 is 3.54. The lowest BCUT2D eigenvalue weighted by Crippen LogP contribution is -2.01. The summed E-state index contributed by atoms with van der Waals surface area (Å²) in [6.07, 6.45) is 0. The van der Waals surface area contributed by atoms with E-state index < -0.39 is 0 Å². The van der Waals surface area contributed by atoms with Crippen LogP contribution in [0.5, 0.6) is 0 Å². The third-order valence-corrected chi connectivity index (χ3v) is 3.88. The number of aromatic nitrogens is 4. The van der Waals surface area contributed by atoms with Gasteiger partial charge in [0.2, 0.25) is 0 Å². The topological polar surface area (TPSA) is 69.6 Å². The van der Waals surface area contributed by atoms with E-state index in [0.29, 0.717) is 11.5 Å². The van der Waals surface area contributed by atoms with Gasteiger partial charge in [0, 0.05) is 20.2 Å². The van der Waals surface area contributed by atoms with Crippen molar-refractivity contribution < 1.29 is 0 Å². The number of nitrogen functional groups attached to an aromatic ring is 1. The lowest BCUT2D eigenvalue weighted by molar-refractivity contribution is 0.789. The predicted molar refractivity (Wildman–Crippen MR) is 84.4 cm³/mol. The molecule has 0 saturated heterocycles. The van der Waals surface area contributed by atoms with Gasteiger partial charge in [-0.05, 0) is 56.7 Å². The minimum Gasteiger partial charge on any atom is -0.399 e. The van der Waals surface area contributed by atoms with Crippen LogP contribution in [0.3, 0.4) is 0 Å². The normalized spacial score (nSPS) is 10.7. The van der Waals surface area contributed by atoms with E-state index >= 15 is 0 Å². The Balaban J connectivity index is 2.15. The van der Waals surface area contributed by atoms with Crippen LogP contribution in [0.1, 0.15) is 0 Å². The van der Waals surface area contributed by atoms with Gasteiger partial charge >= 0.3 is 0 Å². The second kappa shape index (κ2) is 5.34. The van der Waals surface area contributed by atoms with Crippen molar-refractivity contribution in [1.29, 1.82) is 0 Å². The number of tetrazole rings is 1. The maximum atomic E-state index is 5.81. The van der Waals surface area contributed by atoms with Gasteiger partial charge in [-0.15, -0.1) is 5.10 Å². The van der Waals surface area contributed by atoms with E-state index in [4.69, 9.17) is 5.73 Å². The van der Waals surface area contributed by atoms with E-state index in [1.807, 2.05) is 42.5 Å². The van der Waals surface area contributed by atoms with Crippen molar-refractivity contribution in [3.63, 3.8) is 0 Å². The van der Waals surface area contributed by atoms with E-state index in [1.165, 1.54) is 0 Å². The first-order valence-electron chi connectivity index (χ1n) is 5.75. The maximum Gasteiger partial charge on any atom is 0.187 e. The zero-order chi connectivity index (χ0) is 14.1. The van der Waals surface area contributed by atoms with Crippen LogP contribution >= 0.6 is 31.9 Å². The zero-order valence-corrected chi connectivity index (χ0v) is 13.3. The van der Waals surface area contributed by atoms with E-state index in [1.54, 1.807) is 4.68 Å². The number of nitrogens with two attached hydrogens (primary N) is 1.